The van der Waals surface area contributed by atoms with Crippen molar-refractivity contribution in [2.75, 3.05) is 13.3 Å². The normalized spacial score (nSPS) is 9.23. The van der Waals surface area contributed by atoms with Crippen LogP contribution in [0.4, 0.5) is 4.39 Å². The number of ether oxygens (including phenoxy) is 1. The summed E-state index contributed by atoms with van der Waals surface area (Å²) in [5.41, 5.74) is 0.817. The van der Waals surface area contributed by atoms with Gasteiger partial charge in [-0.1, -0.05) is 5.92 Å². The molecule has 0 fully saturated rings. The third-order valence-corrected chi connectivity index (χ3v) is 1.57. The summed E-state index contributed by atoms with van der Waals surface area (Å²) in [4.78, 5) is 0. The van der Waals surface area contributed by atoms with Crippen LogP contribution in [0.1, 0.15) is 12.0 Å². The number of alkyl halides is 1. The summed E-state index contributed by atoms with van der Waals surface area (Å²) in [6.45, 7) is 0.0638. The van der Waals surface area contributed by atoms with Crippen molar-refractivity contribution in [3.63, 3.8) is 0 Å². The zero-order valence-corrected chi connectivity index (χ0v) is 7.29. The van der Waals surface area contributed by atoms with E-state index in [2.05, 4.69) is 5.92 Å². The molecule has 0 N–H and O–H groups in total. The second-order valence-corrected chi connectivity index (χ2v) is 2.56. The van der Waals surface area contributed by atoms with Gasteiger partial charge >= 0.3 is 0 Å². The first-order valence-electron chi connectivity index (χ1n) is 4.12. The van der Waals surface area contributed by atoms with E-state index in [4.69, 9.17) is 11.2 Å². The van der Waals surface area contributed by atoms with E-state index in [0.717, 1.165) is 11.3 Å². The minimum atomic E-state index is -0.345. The highest BCUT2D eigenvalue weighted by Crippen LogP contribution is 2.11. The van der Waals surface area contributed by atoms with E-state index in [9.17, 15) is 4.39 Å². The van der Waals surface area contributed by atoms with Gasteiger partial charge in [0.15, 0.2) is 0 Å². The summed E-state index contributed by atoms with van der Waals surface area (Å²) in [5.74, 6) is 3.23. The second-order valence-electron chi connectivity index (χ2n) is 2.56. The average Bonchev–Trinajstić information content (AvgIpc) is 2.19. The van der Waals surface area contributed by atoms with E-state index in [1.54, 1.807) is 24.3 Å². The number of terminal acetylenes is 1. The molecule has 0 unspecified atom stereocenters. The van der Waals surface area contributed by atoms with Crippen molar-refractivity contribution in [3.8, 4) is 18.1 Å². The van der Waals surface area contributed by atoms with Gasteiger partial charge in [-0.2, -0.15) is 0 Å². The zero-order chi connectivity index (χ0) is 9.52. The summed E-state index contributed by atoms with van der Waals surface area (Å²) < 4.78 is 16.9. The molecule has 0 amide bonds. The molecule has 0 aliphatic heterocycles. The number of halogens is 1. The predicted molar refractivity (Wildman–Crippen MR) is 50.5 cm³/mol. The van der Waals surface area contributed by atoms with E-state index >= 15 is 0 Å². The largest absolute Gasteiger partial charge is 0.493 e. The van der Waals surface area contributed by atoms with Crippen molar-refractivity contribution < 1.29 is 9.13 Å². The van der Waals surface area contributed by atoms with Gasteiger partial charge < -0.3 is 4.74 Å². The number of hydrogen-bond acceptors (Lipinski definition) is 1. The molecule has 0 radical (unpaired) electrons. The van der Waals surface area contributed by atoms with Crippen molar-refractivity contribution in [2.24, 2.45) is 0 Å². The molecule has 0 heterocycles. The van der Waals surface area contributed by atoms with Crippen molar-refractivity contribution >= 4 is 0 Å². The van der Waals surface area contributed by atoms with Crippen LogP contribution in [0.15, 0.2) is 24.3 Å². The van der Waals surface area contributed by atoms with Crippen LogP contribution in [0, 0.1) is 12.3 Å². The number of benzene rings is 1. The van der Waals surface area contributed by atoms with Crippen molar-refractivity contribution in [2.45, 2.75) is 6.42 Å². The smallest absolute Gasteiger partial charge is 0.119 e. The second kappa shape index (κ2) is 5.21. The summed E-state index contributed by atoms with van der Waals surface area (Å²) >= 11 is 0. The first kappa shape index (κ1) is 9.60. The molecule has 0 saturated heterocycles. The fraction of sp³-hybridized carbons (Fsp3) is 0.273. The van der Waals surface area contributed by atoms with Gasteiger partial charge in [0.05, 0.1) is 13.3 Å². The Hall–Kier alpha value is -1.49. The molecular weight excluding hydrogens is 166 g/mol. The first-order valence-corrected chi connectivity index (χ1v) is 4.12. The molecular formula is C11H11FO. The van der Waals surface area contributed by atoms with E-state index in [0.29, 0.717) is 13.0 Å². The molecule has 0 spiro atoms. The molecule has 0 saturated carbocycles. The Kier molecular flexibility index (Phi) is 3.84. The summed E-state index contributed by atoms with van der Waals surface area (Å²) in [6.07, 6.45) is 5.61. The fourth-order valence-corrected chi connectivity index (χ4v) is 0.892. The van der Waals surface area contributed by atoms with Crippen LogP contribution in [0.5, 0.6) is 5.75 Å². The molecule has 0 aliphatic rings. The standard InChI is InChI=1S/C11H11FO/c1-2-10-4-6-11(7-5-10)13-9-3-8-12/h1,4-7H,3,8-9H2/i12-1. The van der Waals surface area contributed by atoms with Gasteiger partial charge in [-0.15, -0.1) is 6.42 Å². The molecule has 0 atom stereocenters. The monoisotopic (exact) mass is 177 g/mol. The molecule has 68 valence electrons. The maximum atomic E-state index is 11.7. The Morgan fingerprint density at radius 1 is 1.31 bits per heavy atom. The van der Waals surface area contributed by atoms with E-state index < -0.39 is 0 Å². The topological polar surface area (TPSA) is 9.23 Å². The van der Waals surface area contributed by atoms with Gasteiger partial charge in [0.25, 0.3) is 0 Å². The Bertz CT molecular complexity index is 284. The van der Waals surface area contributed by atoms with Crippen LogP contribution in [0.3, 0.4) is 0 Å². The Labute approximate surface area is 77.5 Å². The molecule has 1 rings (SSSR count). The zero-order valence-electron chi connectivity index (χ0n) is 7.29. The lowest BCUT2D eigenvalue weighted by Crippen LogP contribution is -1.97. The van der Waals surface area contributed by atoms with Crippen molar-refractivity contribution in [1.82, 2.24) is 0 Å². The molecule has 2 heteroatoms. The number of hydrogen-bond donors (Lipinski definition) is 0. The lowest BCUT2D eigenvalue weighted by molar-refractivity contribution is 0.289. The third kappa shape index (κ3) is 3.16. The third-order valence-electron chi connectivity index (χ3n) is 1.57. The van der Waals surface area contributed by atoms with E-state index in [1.165, 1.54) is 0 Å². The SMILES string of the molecule is C#Cc1ccc(OCCC[18F])cc1. The molecule has 1 nitrogen and oxygen atoms in total. The quantitative estimate of drug-likeness (QED) is 0.507. The lowest BCUT2D eigenvalue weighted by Gasteiger charge is -2.03. The van der Waals surface area contributed by atoms with E-state index in [-0.39, 0.29) is 6.67 Å². The highest BCUT2D eigenvalue weighted by atomic mass is 18.2. The summed E-state index contributed by atoms with van der Waals surface area (Å²) in [7, 11) is 0. The summed E-state index contributed by atoms with van der Waals surface area (Å²) in [6, 6.07) is 7.16. The Morgan fingerprint density at radius 2 is 2.00 bits per heavy atom. The van der Waals surface area contributed by atoms with Gasteiger partial charge in [-0.3, -0.25) is 4.39 Å². The Morgan fingerprint density at radius 3 is 2.54 bits per heavy atom. The van der Waals surface area contributed by atoms with Gasteiger partial charge in [0, 0.05) is 12.0 Å². The molecule has 1 aromatic rings. The van der Waals surface area contributed by atoms with Crippen LogP contribution in [-0.2, 0) is 0 Å². The minimum absolute atomic E-state index is 0.345. The van der Waals surface area contributed by atoms with Gasteiger partial charge in [-0.25, -0.2) is 0 Å². The van der Waals surface area contributed by atoms with Gasteiger partial charge in [0.2, 0.25) is 0 Å². The van der Waals surface area contributed by atoms with Crippen LogP contribution < -0.4 is 4.74 Å². The highest BCUT2D eigenvalue weighted by Gasteiger charge is 1.92. The molecule has 0 aliphatic carbocycles. The van der Waals surface area contributed by atoms with Crippen molar-refractivity contribution in [3.05, 3.63) is 29.8 Å². The molecule has 13 heavy (non-hydrogen) atoms. The predicted octanol–water partition coefficient (Wildman–Crippen LogP) is 2.41. The Balaban J connectivity index is 2.46. The van der Waals surface area contributed by atoms with Crippen LogP contribution in [0.2, 0.25) is 0 Å². The highest BCUT2D eigenvalue weighted by molar-refractivity contribution is 5.36. The van der Waals surface area contributed by atoms with Crippen LogP contribution in [0.25, 0.3) is 0 Å². The molecule has 0 aromatic heterocycles. The average molecular weight is 177 g/mol. The van der Waals surface area contributed by atoms with Gasteiger partial charge in [-0.05, 0) is 24.3 Å². The molecule has 1 aromatic carbocycles. The first-order chi connectivity index (χ1) is 6.36. The van der Waals surface area contributed by atoms with Crippen LogP contribution in [-0.4, -0.2) is 13.3 Å². The summed E-state index contributed by atoms with van der Waals surface area (Å²) in [5, 5.41) is 0. The minimum Gasteiger partial charge on any atom is -0.493 e. The molecule has 0 bridgehead atoms. The lowest BCUT2D eigenvalue weighted by atomic mass is 10.2. The maximum Gasteiger partial charge on any atom is 0.119 e. The maximum absolute atomic E-state index is 11.7. The van der Waals surface area contributed by atoms with E-state index in [1.807, 2.05) is 0 Å². The fourth-order valence-electron chi connectivity index (χ4n) is 0.892. The van der Waals surface area contributed by atoms with Crippen LogP contribution >= 0.6 is 0 Å². The van der Waals surface area contributed by atoms with Gasteiger partial charge in [0.1, 0.15) is 5.75 Å². The van der Waals surface area contributed by atoms with Crippen molar-refractivity contribution in [1.29, 1.82) is 0 Å². The number of rotatable bonds is 4.